The van der Waals surface area contributed by atoms with Gasteiger partial charge in [0.15, 0.2) is 6.04 Å². The molecule has 11 nitrogen and oxygen atoms in total. The minimum atomic E-state index is -4.76. The van der Waals surface area contributed by atoms with Gasteiger partial charge in [0, 0.05) is 12.8 Å². The quantitative estimate of drug-likeness (QED) is 0.0201. The van der Waals surface area contributed by atoms with E-state index in [1.54, 1.807) is 0 Å². The van der Waals surface area contributed by atoms with Crippen molar-refractivity contribution in [3.05, 3.63) is 60.8 Å². The number of unbranched alkanes of at least 4 members (excludes halogenated alkanes) is 17. The summed E-state index contributed by atoms with van der Waals surface area (Å²) in [5.41, 5.74) is 0. The lowest BCUT2D eigenvalue weighted by Gasteiger charge is -2.18. The van der Waals surface area contributed by atoms with Gasteiger partial charge in [0.2, 0.25) is 5.91 Å². The van der Waals surface area contributed by atoms with Gasteiger partial charge in [-0.3, -0.25) is 18.6 Å². The highest BCUT2D eigenvalue weighted by Crippen LogP contribution is 2.43. The highest BCUT2D eigenvalue weighted by molar-refractivity contribution is 7.47. The number of aliphatic carboxylic acids is 1. The fourth-order valence-corrected chi connectivity index (χ4v) is 6.54. The maximum absolute atomic E-state index is 12.3. The number of rotatable bonds is 41. The Bertz CT molecular complexity index is 1210. The first-order chi connectivity index (χ1) is 28.1. The van der Waals surface area contributed by atoms with Crippen LogP contribution in [0.5, 0.6) is 0 Å². The second kappa shape index (κ2) is 40.9. The Labute approximate surface area is 351 Å². The van der Waals surface area contributed by atoms with Crippen molar-refractivity contribution >= 4 is 25.7 Å². The molecule has 0 aliphatic heterocycles. The van der Waals surface area contributed by atoms with Crippen molar-refractivity contribution in [2.24, 2.45) is 0 Å². The van der Waals surface area contributed by atoms with Crippen LogP contribution < -0.4 is 5.32 Å². The Morgan fingerprint density at radius 1 is 0.552 bits per heavy atom. The number of hydrogen-bond donors (Lipinski definition) is 4. The molecule has 0 aromatic heterocycles. The number of carboxylic acids is 1. The molecule has 58 heavy (non-hydrogen) atoms. The molecule has 0 aromatic rings. The van der Waals surface area contributed by atoms with E-state index < -0.39 is 57.6 Å². The van der Waals surface area contributed by atoms with Crippen LogP contribution in [0.2, 0.25) is 0 Å². The molecular formula is C46H80NO10P. The summed E-state index contributed by atoms with van der Waals surface area (Å²) in [6, 6.07) is -1.56. The molecule has 1 amide bonds. The number of hydrogen-bond acceptors (Lipinski definition) is 8. The number of carboxylic acid groups (broad SMARTS) is 1. The summed E-state index contributed by atoms with van der Waals surface area (Å²) >= 11 is 0. The first kappa shape index (κ1) is 55.2. The fraction of sp³-hybridized carbons (Fsp3) is 0.717. The number of phosphoric acid groups is 1. The smallest absolute Gasteiger partial charge is 0.472 e. The third kappa shape index (κ3) is 40.0. The average molecular weight is 838 g/mol. The third-order valence-corrected chi connectivity index (χ3v) is 10.2. The molecule has 3 unspecified atom stereocenters. The molecule has 0 fully saturated rings. The van der Waals surface area contributed by atoms with Crippen molar-refractivity contribution in [3.63, 3.8) is 0 Å². The van der Waals surface area contributed by atoms with Crippen LogP contribution in [-0.2, 0) is 32.7 Å². The number of carbonyl (C=O) groups is 3. The minimum Gasteiger partial charge on any atom is -0.480 e. The first-order valence-electron chi connectivity index (χ1n) is 22.3. The summed E-state index contributed by atoms with van der Waals surface area (Å²) in [7, 11) is -4.76. The maximum Gasteiger partial charge on any atom is 0.472 e. The number of nitrogens with one attached hydrogen (secondary N) is 1. The lowest BCUT2D eigenvalue weighted by Crippen LogP contribution is -2.43. The van der Waals surface area contributed by atoms with Crippen LogP contribution in [0, 0.1) is 0 Å². The zero-order valence-corrected chi connectivity index (χ0v) is 37.0. The van der Waals surface area contributed by atoms with Gasteiger partial charge in [0.05, 0.1) is 13.2 Å². The molecule has 3 atom stereocenters. The van der Waals surface area contributed by atoms with E-state index in [2.05, 4.69) is 79.9 Å². The van der Waals surface area contributed by atoms with Crippen molar-refractivity contribution in [3.8, 4) is 0 Å². The predicted octanol–water partition coefficient (Wildman–Crippen LogP) is 11.6. The van der Waals surface area contributed by atoms with Gasteiger partial charge < -0.3 is 25.2 Å². The Kier molecular flexibility index (Phi) is 38.9. The summed E-state index contributed by atoms with van der Waals surface area (Å²) in [5, 5.41) is 21.8. The van der Waals surface area contributed by atoms with Crippen molar-refractivity contribution in [2.75, 3.05) is 19.8 Å². The number of aliphatic hydroxyl groups excluding tert-OH is 1. The number of aliphatic hydroxyl groups is 1. The van der Waals surface area contributed by atoms with Gasteiger partial charge in [-0.15, -0.1) is 0 Å². The highest BCUT2D eigenvalue weighted by atomic mass is 31.2. The summed E-state index contributed by atoms with van der Waals surface area (Å²) in [5.74, 6) is -2.41. The third-order valence-electron chi connectivity index (χ3n) is 9.26. The van der Waals surface area contributed by atoms with Crippen LogP contribution in [0.3, 0.4) is 0 Å². The normalized spacial score (nSPS) is 14.3. The monoisotopic (exact) mass is 838 g/mol. The molecule has 0 aliphatic rings. The summed E-state index contributed by atoms with van der Waals surface area (Å²) in [4.78, 5) is 45.9. The molecule has 12 heteroatoms. The molecule has 0 aromatic carbocycles. The van der Waals surface area contributed by atoms with Gasteiger partial charge in [0.25, 0.3) is 0 Å². The zero-order valence-electron chi connectivity index (χ0n) is 36.1. The number of amides is 1. The number of phosphoric ester groups is 1. The van der Waals surface area contributed by atoms with Crippen LogP contribution in [0.25, 0.3) is 0 Å². The molecule has 0 aliphatic carbocycles. The maximum atomic E-state index is 12.3. The molecule has 0 bridgehead atoms. The summed E-state index contributed by atoms with van der Waals surface area (Å²) in [6.07, 6.45) is 46.7. The van der Waals surface area contributed by atoms with E-state index in [0.29, 0.717) is 12.8 Å². The molecule has 0 radical (unpaired) electrons. The Morgan fingerprint density at radius 3 is 1.48 bits per heavy atom. The van der Waals surface area contributed by atoms with E-state index in [-0.39, 0.29) is 12.8 Å². The number of ether oxygens (including phenoxy) is 1. The number of allylic oxidation sites excluding steroid dienone is 10. The van der Waals surface area contributed by atoms with Gasteiger partial charge in [-0.1, -0.05) is 152 Å². The molecule has 0 saturated carbocycles. The Hall–Kier alpha value is -2.82. The van der Waals surface area contributed by atoms with Crippen molar-refractivity contribution in [1.82, 2.24) is 5.32 Å². The van der Waals surface area contributed by atoms with Crippen molar-refractivity contribution in [1.29, 1.82) is 0 Å². The van der Waals surface area contributed by atoms with Gasteiger partial charge in [-0.2, -0.15) is 0 Å². The molecule has 0 spiro atoms. The lowest BCUT2D eigenvalue weighted by molar-refractivity contribution is -0.147. The Balaban J connectivity index is 3.90. The summed E-state index contributed by atoms with van der Waals surface area (Å²) < 4.78 is 26.8. The summed E-state index contributed by atoms with van der Waals surface area (Å²) in [6.45, 7) is 2.47. The molecule has 0 heterocycles. The standard InChI is InChI=1S/C46H80NO10P/c1-3-5-7-9-11-13-15-17-18-19-20-21-22-23-24-26-28-30-32-34-36-38-45(50)55-39-42(48)40-56-58(53,54)57-41-43(46(51)52)47-44(49)37-35-33-31-29-27-25-16-14-12-10-8-6-4-2/h8,10-11,13-14,16-18,20-21,42-43,48H,3-7,9,12,15,19,22-41H2,1-2H3,(H,47,49)(H,51,52)(H,53,54)/b10-8-,13-11-,16-14-,18-17-,21-20-. The van der Waals surface area contributed by atoms with Crippen LogP contribution in [-0.4, -0.2) is 64.9 Å². The van der Waals surface area contributed by atoms with Crippen LogP contribution in [0.1, 0.15) is 181 Å². The van der Waals surface area contributed by atoms with Gasteiger partial charge >= 0.3 is 19.8 Å². The SMILES string of the molecule is CCC/C=C\C/C=C\CCCCCCCC(=O)NC(COP(=O)(O)OCC(O)COC(=O)CCCCCCCCCC/C=C\C/C=C\C/C=C\CCCCC)C(=O)O. The number of carbonyl (C=O) groups excluding carboxylic acids is 2. The molecular weight excluding hydrogens is 757 g/mol. The van der Waals surface area contributed by atoms with E-state index in [1.807, 2.05) is 0 Å². The highest BCUT2D eigenvalue weighted by Gasteiger charge is 2.28. The van der Waals surface area contributed by atoms with Crippen LogP contribution >= 0.6 is 7.82 Å². The van der Waals surface area contributed by atoms with E-state index in [9.17, 15) is 34.1 Å². The first-order valence-corrected chi connectivity index (χ1v) is 23.8. The van der Waals surface area contributed by atoms with Gasteiger partial charge in [-0.25, -0.2) is 9.36 Å². The average Bonchev–Trinajstić information content (AvgIpc) is 3.20. The van der Waals surface area contributed by atoms with Crippen molar-refractivity contribution < 1.29 is 47.8 Å². The molecule has 0 saturated heterocycles. The fourth-order valence-electron chi connectivity index (χ4n) is 5.77. The largest absolute Gasteiger partial charge is 0.480 e. The zero-order chi connectivity index (χ0) is 42.8. The molecule has 334 valence electrons. The van der Waals surface area contributed by atoms with E-state index in [0.717, 1.165) is 89.9 Å². The number of esters is 1. The van der Waals surface area contributed by atoms with E-state index in [4.69, 9.17) is 13.8 Å². The van der Waals surface area contributed by atoms with E-state index >= 15 is 0 Å². The van der Waals surface area contributed by atoms with Crippen LogP contribution in [0.15, 0.2) is 60.8 Å². The second-order valence-electron chi connectivity index (χ2n) is 14.9. The lowest BCUT2D eigenvalue weighted by atomic mass is 10.1. The second-order valence-corrected chi connectivity index (χ2v) is 16.3. The Morgan fingerprint density at radius 2 is 0.983 bits per heavy atom. The topological polar surface area (TPSA) is 169 Å². The van der Waals surface area contributed by atoms with Gasteiger partial charge in [0.1, 0.15) is 12.7 Å². The van der Waals surface area contributed by atoms with Crippen LogP contribution in [0.4, 0.5) is 0 Å². The minimum absolute atomic E-state index is 0.126. The van der Waals surface area contributed by atoms with Gasteiger partial charge in [-0.05, 0) is 77.0 Å². The predicted molar refractivity (Wildman–Crippen MR) is 235 cm³/mol. The molecule has 4 N–H and O–H groups in total. The van der Waals surface area contributed by atoms with E-state index in [1.165, 1.54) is 51.4 Å². The van der Waals surface area contributed by atoms with Crippen molar-refractivity contribution in [2.45, 2.75) is 193 Å². The molecule has 0 rings (SSSR count).